The summed E-state index contributed by atoms with van der Waals surface area (Å²) < 4.78 is 2.42. The molecule has 4 rings (SSSR count). The number of carbonyl (C=O) groups is 1. The minimum atomic E-state index is 0.258. The van der Waals surface area contributed by atoms with Crippen LogP contribution in [-0.4, -0.2) is 32.9 Å². The lowest BCUT2D eigenvalue weighted by atomic mass is 10.1. The molecular weight excluding hydrogens is 358 g/mol. The number of para-hydroxylation sites is 2. The number of imidazole rings is 1. The highest BCUT2D eigenvalue weighted by Gasteiger charge is 2.41. The lowest BCUT2D eigenvalue weighted by Crippen LogP contribution is -2.27. The number of hydrogen-bond donors (Lipinski definition) is 0. The van der Waals surface area contributed by atoms with E-state index in [0.717, 1.165) is 24.4 Å². The summed E-state index contributed by atoms with van der Waals surface area (Å²) in [5.74, 6) is 1.73. The second-order valence-electron chi connectivity index (χ2n) is 9.12. The second-order valence-corrected chi connectivity index (χ2v) is 9.12. The molecule has 2 aliphatic rings. The molecule has 1 saturated heterocycles. The van der Waals surface area contributed by atoms with Gasteiger partial charge in [0.15, 0.2) is 0 Å². The van der Waals surface area contributed by atoms with E-state index in [1.807, 2.05) is 0 Å². The van der Waals surface area contributed by atoms with Crippen LogP contribution in [0.3, 0.4) is 0 Å². The van der Waals surface area contributed by atoms with E-state index in [-0.39, 0.29) is 5.92 Å². The summed E-state index contributed by atoms with van der Waals surface area (Å²) in [5.41, 5.74) is 2.31. The molecule has 4 nitrogen and oxygen atoms in total. The van der Waals surface area contributed by atoms with Gasteiger partial charge in [-0.2, -0.15) is 0 Å². The number of aromatic nitrogens is 2. The molecule has 1 atom stereocenters. The molecule has 1 amide bonds. The van der Waals surface area contributed by atoms with Crippen molar-refractivity contribution >= 4 is 16.9 Å². The van der Waals surface area contributed by atoms with E-state index in [1.165, 1.54) is 76.1 Å². The third-order valence-electron chi connectivity index (χ3n) is 6.68. The van der Waals surface area contributed by atoms with Gasteiger partial charge in [-0.1, -0.05) is 70.4 Å². The topological polar surface area (TPSA) is 38.1 Å². The van der Waals surface area contributed by atoms with Gasteiger partial charge in [0.05, 0.1) is 11.0 Å². The number of likely N-dealkylation sites (tertiary alicyclic amines) is 1. The number of hydrogen-bond acceptors (Lipinski definition) is 2. The number of amides is 1. The Morgan fingerprint density at radius 1 is 0.966 bits per heavy atom. The monoisotopic (exact) mass is 395 g/mol. The third kappa shape index (κ3) is 5.02. The van der Waals surface area contributed by atoms with Gasteiger partial charge in [-0.15, -0.1) is 0 Å². The zero-order valence-corrected chi connectivity index (χ0v) is 18.1. The van der Waals surface area contributed by atoms with Crippen molar-refractivity contribution in [2.45, 2.75) is 102 Å². The van der Waals surface area contributed by atoms with Gasteiger partial charge in [0.25, 0.3) is 0 Å². The molecule has 29 heavy (non-hydrogen) atoms. The van der Waals surface area contributed by atoms with E-state index >= 15 is 0 Å². The average molecular weight is 396 g/mol. The molecule has 2 aromatic rings. The molecule has 4 heteroatoms. The number of carbonyl (C=O) groups excluding carboxylic acids is 1. The molecule has 2 fully saturated rings. The fourth-order valence-electron chi connectivity index (χ4n) is 4.87. The average Bonchev–Trinajstić information content (AvgIpc) is 3.40. The van der Waals surface area contributed by atoms with Crippen LogP contribution in [0, 0.1) is 0 Å². The predicted molar refractivity (Wildman–Crippen MR) is 119 cm³/mol. The fourth-order valence-corrected chi connectivity index (χ4v) is 4.87. The number of nitrogens with zero attached hydrogens (tertiary/aromatic N) is 3. The Hall–Kier alpha value is -1.84. The highest BCUT2D eigenvalue weighted by molar-refractivity contribution is 5.81. The highest BCUT2D eigenvalue weighted by Crippen LogP contribution is 2.37. The molecule has 0 radical (unpaired) electrons. The van der Waals surface area contributed by atoms with E-state index < -0.39 is 0 Å². The first kappa shape index (κ1) is 20.4. The van der Waals surface area contributed by atoms with Crippen LogP contribution in [0.25, 0.3) is 11.0 Å². The molecule has 1 aliphatic carbocycles. The van der Waals surface area contributed by atoms with Gasteiger partial charge in [0, 0.05) is 31.5 Å². The smallest absolute Gasteiger partial charge is 0.223 e. The number of rotatable bonds is 12. The Balaban J connectivity index is 1.34. The Morgan fingerprint density at radius 3 is 2.38 bits per heavy atom. The van der Waals surface area contributed by atoms with Crippen LogP contribution in [0.4, 0.5) is 0 Å². The number of benzene rings is 1. The SMILES string of the molecule is CCCCCCCCCCCn1c(C2CC(=O)N(C3CC3)C2)nc2ccccc21. The standard InChI is InChI=1S/C25H37N3O/c1-2-3-4-5-6-7-8-9-12-17-27-23-14-11-10-13-22(23)26-25(27)20-18-24(29)28(19-20)21-15-16-21/h10-11,13-14,20-21H,2-9,12,15-19H2,1H3. The maximum atomic E-state index is 12.5. The summed E-state index contributed by atoms with van der Waals surface area (Å²) in [6.45, 7) is 4.17. The van der Waals surface area contributed by atoms with Gasteiger partial charge in [-0.25, -0.2) is 4.98 Å². The molecule has 2 heterocycles. The van der Waals surface area contributed by atoms with E-state index in [0.29, 0.717) is 18.4 Å². The minimum absolute atomic E-state index is 0.258. The van der Waals surface area contributed by atoms with Crippen LogP contribution in [0.2, 0.25) is 0 Å². The fraction of sp³-hybridized carbons (Fsp3) is 0.680. The molecule has 1 saturated carbocycles. The van der Waals surface area contributed by atoms with Crippen molar-refractivity contribution in [2.24, 2.45) is 0 Å². The summed E-state index contributed by atoms with van der Waals surface area (Å²) in [5, 5.41) is 0. The molecule has 1 aromatic carbocycles. The van der Waals surface area contributed by atoms with Gasteiger partial charge in [-0.3, -0.25) is 4.79 Å². The first-order chi connectivity index (χ1) is 14.3. The zero-order chi connectivity index (χ0) is 20.1. The number of unbranched alkanes of at least 4 members (excludes halogenated alkanes) is 8. The van der Waals surface area contributed by atoms with Crippen molar-refractivity contribution in [3.63, 3.8) is 0 Å². The highest BCUT2D eigenvalue weighted by atomic mass is 16.2. The Bertz CT molecular complexity index is 808. The number of fused-ring (bicyclic) bond motifs is 1. The summed E-state index contributed by atoms with van der Waals surface area (Å²) in [6, 6.07) is 8.99. The van der Waals surface area contributed by atoms with E-state index in [2.05, 4.69) is 40.7 Å². The van der Waals surface area contributed by atoms with Crippen LogP contribution in [-0.2, 0) is 11.3 Å². The van der Waals surface area contributed by atoms with Crippen LogP contribution in [0.15, 0.2) is 24.3 Å². The van der Waals surface area contributed by atoms with E-state index in [1.54, 1.807) is 0 Å². The van der Waals surface area contributed by atoms with Gasteiger partial charge in [0.2, 0.25) is 5.91 Å². The lowest BCUT2D eigenvalue weighted by Gasteiger charge is -2.16. The van der Waals surface area contributed by atoms with Gasteiger partial charge in [-0.05, 0) is 31.4 Å². The zero-order valence-electron chi connectivity index (χ0n) is 18.1. The molecule has 1 unspecified atom stereocenters. The lowest BCUT2D eigenvalue weighted by molar-refractivity contribution is -0.128. The van der Waals surface area contributed by atoms with E-state index in [4.69, 9.17) is 4.98 Å². The van der Waals surface area contributed by atoms with Crippen molar-refractivity contribution in [1.82, 2.24) is 14.5 Å². The summed E-state index contributed by atoms with van der Waals surface area (Å²) in [4.78, 5) is 19.6. The first-order valence-corrected chi connectivity index (χ1v) is 12.0. The van der Waals surface area contributed by atoms with Gasteiger partial charge >= 0.3 is 0 Å². The maximum absolute atomic E-state index is 12.5. The molecular formula is C25H37N3O. The Labute approximate surface area is 175 Å². The van der Waals surface area contributed by atoms with Crippen LogP contribution >= 0.6 is 0 Å². The normalized spacial score (nSPS) is 19.6. The summed E-state index contributed by atoms with van der Waals surface area (Å²) in [7, 11) is 0. The molecule has 0 bridgehead atoms. The maximum Gasteiger partial charge on any atom is 0.223 e. The van der Waals surface area contributed by atoms with Crippen LogP contribution in [0.5, 0.6) is 0 Å². The first-order valence-electron chi connectivity index (χ1n) is 12.0. The van der Waals surface area contributed by atoms with Gasteiger partial charge in [0.1, 0.15) is 5.82 Å². The molecule has 1 aromatic heterocycles. The molecule has 158 valence electrons. The molecule has 1 aliphatic heterocycles. The molecule has 0 spiro atoms. The summed E-state index contributed by atoms with van der Waals surface area (Å²) >= 11 is 0. The minimum Gasteiger partial charge on any atom is -0.339 e. The van der Waals surface area contributed by atoms with Crippen molar-refractivity contribution in [3.05, 3.63) is 30.1 Å². The van der Waals surface area contributed by atoms with Crippen LogP contribution in [0.1, 0.15) is 95.7 Å². The Morgan fingerprint density at radius 2 is 1.66 bits per heavy atom. The second kappa shape index (κ2) is 9.77. The van der Waals surface area contributed by atoms with Crippen LogP contribution < -0.4 is 0 Å². The molecule has 0 N–H and O–H groups in total. The van der Waals surface area contributed by atoms with Crippen molar-refractivity contribution in [3.8, 4) is 0 Å². The van der Waals surface area contributed by atoms with Crippen molar-refractivity contribution < 1.29 is 4.79 Å². The van der Waals surface area contributed by atoms with Crippen molar-refractivity contribution in [1.29, 1.82) is 0 Å². The number of aryl methyl sites for hydroxylation is 1. The Kier molecular flexibility index (Phi) is 6.89. The third-order valence-corrected chi connectivity index (χ3v) is 6.68. The summed E-state index contributed by atoms with van der Waals surface area (Å²) in [6.07, 6.45) is 15.1. The quantitative estimate of drug-likeness (QED) is 0.411. The van der Waals surface area contributed by atoms with E-state index in [9.17, 15) is 4.79 Å². The largest absolute Gasteiger partial charge is 0.339 e. The van der Waals surface area contributed by atoms with Crippen molar-refractivity contribution in [2.75, 3.05) is 6.54 Å². The predicted octanol–water partition coefficient (Wildman–Crippen LogP) is 6.05. The van der Waals surface area contributed by atoms with Gasteiger partial charge < -0.3 is 9.47 Å².